The van der Waals surface area contributed by atoms with Gasteiger partial charge in [0.25, 0.3) is 0 Å². The summed E-state index contributed by atoms with van der Waals surface area (Å²) >= 11 is 0. The van der Waals surface area contributed by atoms with Gasteiger partial charge in [0.2, 0.25) is 11.8 Å². The molecular weight excluding hydrogens is 328 g/mol. The van der Waals surface area contributed by atoms with Crippen LogP contribution in [-0.2, 0) is 9.59 Å². The molecule has 0 atom stereocenters. The van der Waals surface area contributed by atoms with E-state index in [4.69, 9.17) is 4.74 Å². The van der Waals surface area contributed by atoms with E-state index in [-0.39, 0.29) is 18.2 Å². The average molecular weight is 354 g/mol. The lowest BCUT2D eigenvalue weighted by Crippen LogP contribution is -2.36. The second kappa shape index (κ2) is 9.04. The van der Waals surface area contributed by atoms with E-state index in [1.807, 2.05) is 56.3 Å². The number of benzene rings is 2. The number of para-hydroxylation sites is 2. The van der Waals surface area contributed by atoms with Gasteiger partial charge in [-0.3, -0.25) is 9.59 Å². The van der Waals surface area contributed by atoms with E-state index in [0.717, 1.165) is 11.3 Å². The van der Waals surface area contributed by atoms with Gasteiger partial charge in [-0.25, -0.2) is 0 Å². The van der Waals surface area contributed by atoms with E-state index < -0.39 is 0 Å². The molecule has 26 heavy (non-hydrogen) atoms. The molecule has 0 heterocycles. The maximum Gasteiger partial charge on any atom is 0.228 e. The Kier molecular flexibility index (Phi) is 6.78. The average Bonchev–Trinajstić information content (AvgIpc) is 2.62. The second-order valence-electron chi connectivity index (χ2n) is 6.07. The number of methoxy groups -OCH3 is 1. The Hall–Kier alpha value is -2.82. The third-order valence-corrected chi connectivity index (χ3v) is 4.24. The molecular formula is C21H26N2O3. The number of hydrogen-bond donors (Lipinski definition) is 0. The van der Waals surface area contributed by atoms with E-state index in [2.05, 4.69) is 0 Å². The van der Waals surface area contributed by atoms with E-state index in [1.54, 1.807) is 23.0 Å². The van der Waals surface area contributed by atoms with Crippen molar-refractivity contribution in [3.05, 3.63) is 54.1 Å². The quantitative estimate of drug-likeness (QED) is 0.760. The van der Waals surface area contributed by atoms with Crippen molar-refractivity contribution in [2.75, 3.05) is 30.0 Å². The fourth-order valence-electron chi connectivity index (χ4n) is 2.94. The lowest BCUT2D eigenvalue weighted by atomic mass is 10.2. The molecule has 5 heteroatoms. The number of carbonyl (C=O) groups is 2. The van der Waals surface area contributed by atoms with Crippen LogP contribution >= 0.6 is 0 Å². The number of ether oxygens (including phenoxy) is 1. The summed E-state index contributed by atoms with van der Waals surface area (Å²) in [6.45, 7) is 6.33. The largest absolute Gasteiger partial charge is 0.495 e. The summed E-state index contributed by atoms with van der Waals surface area (Å²) in [6, 6.07) is 15.2. The van der Waals surface area contributed by atoms with Crippen molar-refractivity contribution in [3.63, 3.8) is 0 Å². The highest BCUT2D eigenvalue weighted by Crippen LogP contribution is 2.28. The van der Waals surface area contributed by atoms with Crippen LogP contribution in [0.4, 0.5) is 11.4 Å². The van der Waals surface area contributed by atoms with E-state index in [9.17, 15) is 9.59 Å². The van der Waals surface area contributed by atoms with Crippen molar-refractivity contribution >= 4 is 23.2 Å². The Morgan fingerprint density at radius 1 is 1.04 bits per heavy atom. The molecule has 0 aliphatic rings. The summed E-state index contributed by atoms with van der Waals surface area (Å²) in [6.07, 6.45) is 0.236. The Morgan fingerprint density at radius 3 is 2.38 bits per heavy atom. The first-order valence-corrected chi connectivity index (χ1v) is 8.76. The zero-order valence-electron chi connectivity index (χ0n) is 15.9. The SMILES string of the molecule is CCN(C(=O)CCN(C(C)=O)c1ccccc1OC)c1cccc(C)c1. The molecule has 0 aromatic heterocycles. The normalized spacial score (nSPS) is 10.3. The standard InChI is InChI=1S/C21H26N2O3/c1-5-22(18-10-8-9-16(2)15-18)21(25)13-14-23(17(3)24)19-11-6-7-12-20(19)26-4/h6-12,15H,5,13-14H2,1-4H3. The third-order valence-electron chi connectivity index (χ3n) is 4.24. The van der Waals surface area contributed by atoms with Gasteiger partial charge in [-0.15, -0.1) is 0 Å². The minimum absolute atomic E-state index is 0.0146. The molecule has 2 amide bonds. The van der Waals surface area contributed by atoms with Crippen LogP contribution in [0.1, 0.15) is 25.8 Å². The molecule has 0 spiro atoms. The molecule has 138 valence electrons. The van der Waals surface area contributed by atoms with Gasteiger partial charge in [-0.1, -0.05) is 24.3 Å². The molecule has 5 nitrogen and oxygen atoms in total. The topological polar surface area (TPSA) is 49.9 Å². The summed E-state index contributed by atoms with van der Waals surface area (Å²) < 4.78 is 5.35. The van der Waals surface area contributed by atoms with E-state index in [0.29, 0.717) is 24.5 Å². The highest BCUT2D eigenvalue weighted by atomic mass is 16.5. The Morgan fingerprint density at radius 2 is 1.77 bits per heavy atom. The highest BCUT2D eigenvalue weighted by molar-refractivity contribution is 5.96. The fourth-order valence-corrected chi connectivity index (χ4v) is 2.94. The smallest absolute Gasteiger partial charge is 0.228 e. The summed E-state index contributed by atoms with van der Waals surface area (Å²) in [4.78, 5) is 28.2. The van der Waals surface area contributed by atoms with Crippen LogP contribution in [0.5, 0.6) is 5.75 Å². The highest BCUT2D eigenvalue weighted by Gasteiger charge is 2.20. The molecule has 0 N–H and O–H groups in total. The van der Waals surface area contributed by atoms with Gasteiger partial charge in [0, 0.05) is 32.1 Å². The van der Waals surface area contributed by atoms with Crippen LogP contribution in [0.2, 0.25) is 0 Å². The van der Waals surface area contributed by atoms with Gasteiger partial charge in [0.1, 0.15) is 5.75 Å². The molecule has 0 aliphatic carbocycles. The molecule has 2 aromatic carbocycles. The molecule has 0 aliphatic heterocycles. The van der Waals surface area contributed by atoms with E-state index >= 15 is 0 Å². The zero-order valence-corrected chi connectivity index (χ0v) is 15.9. The van der Waals surface area contributed by atoms with Gasteiger partial charge in [-0.05, 0) is 43.7 Å². The monoisotopic (exact) mass is 354 g/mol. The van der Waals surface area contributed by atoms with Crippen molar-refractivity contribution < 1.29 is 14.3 Å². The van der Waals surface area contributed by atoms with Crippen LogP contribution in [0.25, 0.3) is 0 Å². The molecule has 0 fully saturated rings. The van der Waals surface area contributed by atoms with Gasteiger partial charge in [-0.2, -0.15) is 0 Å². The minimum atomic E-state index is -0.124. The first-order valence-electron chi connectivity index (χ1n) is 8.76. The van der Waals surface area contributed by atoms with Crippen LogP contribution in [0, 0.1) is 6.92 Å². The van der Waals surface area contributed by atoms with Crippen molar-refractivity contribution in [1.29, 1.82) is 0 Å². The Labute approximate surface area is 155 Å². The predicted octanol–water partition coefficient (Wildman–Crippen LogP) is 3.80. The number of rotatable bonds is 7. The molecule has 0 unspecified atom stereocenters. The summed E-state index contributed by atoms with van der Waals surface area (Å²) in [7, 11) is 1.57. The molecule has 0 saturated heterocycles. The van der Waals surface area contributed by atoms with Gasteiger partial charge in [0.15, 0.2) is 0 Å². The lowest BCUT2D eigenvalue weighted by molar-refractivity contribution is -0.118. The summed E-state index contributed by atoms with van der Waals surface area (Å²) in [5.41, 5.74) is 2.66. The van der Waals surface area contributed by atoms with Crippen molar-refractivity contribution in [2.45, 2.75) is 27.2 Å². The van der Waals surface area contributed by atoms with Gasteiger partial charge in [0.05, 0.1) is 12.8 Å². The van der Waals surface area contributed by atoms with Crippen LogP contribution in [0.15, 0.2) is 48.5 Å². The summed E-state index contributed by atoms with van der Waals surface area (Å²) in [5.74, 6) is 0.473. The maximum atomic E-state index is 12.8. The fraction of sp³-hybridized carbons (Fsp3) is 0.333. The Balaban J connectivity index is 2.15. The van der Waals surface area contributed by atoms with Crippen LogP contribution < -0.4 is 14.5 Å². The number of hydrogen-bond acceptors (Lipinski definition) is 3. The minimum Gasteiger partial charge on any atom is -0.495 e. The molecule has 2 rings (SSSR count). The predicted molar refractivity (Wildman–Crippen MR) is 105 cm³/mol. The number of nitrogens with zero attached hydrogens (tertiary/aromatic N) is 2. The zero-order chi connectivity index (χ0) is 19.1. The first-order chi connectivity index (χ1) is 12.5. The molecule has 0 bridgehead atoms. The molecule has 2 aromatic rings. The van der Waals surface area contributed by atoms with Gasteiger partial charge < -0.3 is 14.5 Å². The number of amides is 2. The second-order valence-corrected chi connectivity index (χ2v) is 6.07. The Bertz CT molecular complexity index is 773. The van der Waals surface area contributed by atoms with Crippen molar-refractivity contribution in [1.82, 2.24) is 0 Å². The van der Waals surface area contributed by atoms with Crippen molar-refractivity contribution in [3.8, 4) is 5.75 Å². The third kappa shape index (κ3) is 4.63. The number of aryl methyl sites for hydroxylation is 1. The lowest BCUT2D eigenvalue weighted by Gasteiger charge is -2.26. The van der Waals surface area contributed by atoms with Crippen LogP contribution in [0.3, 0.4) is 0 Å². The van der Waals surface area contributed by atoms with Gasteiger partial charge >= 0.3 is 0 Å². The number of anilines is 2. The molecule has 0 saturated carbocycles. The van der Waals surface area contributed by atoms with Crippen LogP contribution in [-0.4, -0.2) is 32.0 Å². The van der Waals surface area contributed by atoms with E-state index in [1.165, 1.54) is 6.92 Å². The van der Waals surface area contributed by atoms with Crippen molar-refractivity contribution in [2.24, 2.45) is 0 Å². The number of carbonyl (C=O) groups excluding carboxylic acids is 2. The molecule has 0 radical (unpaired) electrons. The maximum absolute atomic E-state index is 12.8. The first kappa shape index (κ1) is 19.5. The summed E-state index contributed by atoms with van der Waals surface area (Å²) in [5, 5.41) is 0.